The van der Waals surface area contributed by atoms with E-state index in [0.29, 0.717) is 19.0 Å². The third-order valence-corrected chi connectivity index (χ3v) is 4.59. The number of carbonyl (C=O) groups excluding carboxylic acids is 1. The summed E-state index contributed by atoms with van der Waals surface area (Å²) in [6.07, 6.45) is 4.42. The van der Waals surface area contributed by atoms with Crippen LogP contribution < -0.4 is 5.73 Å². The third kappa shape index (κ3) is 3.04. The van der Waals surface area contributed by atoms with Gasteiger partial charge in [0.15, 0.2) is 0 Å². The lowest BCUT2D eigenvalue weighted by Crippen LogP contribution is -2.40. The molecule has 0 radical (unpaired) electrons. The molecule has 20 heavy (non-hydrogen) atoms. The predicted molar refractivity (Wildman–Crippen MR) is 82.0 cm³/mol. The van der Waals surface area contributed by atoms with E-state index in [-0.39, 0.29) is 5.41 Å². The van der Waals surface area contributed by atoms with Gasteiger partial charge in [-0.3, -0.25) is 4.79 Å². The molecule has 0 aromatic heterocycles. The van der Waals surface area contributed by atoms with E-state index in [9.17, 15) is 4.79 Å². The summed E-state index contributed by atoms with van der Waals surface area (Å²) < 4.78 is 0. The lowest BCUT2D eigenvalue weighted by Gasteiger charge is -2.31. The van der Waals surface area contributed by atoms with Crippen molar-refractivity contribution in [2.24, 2.45) is 11.1 Å². The van der Waals surface area contributed by atoms with Crippen LogP contribution in [0.3, 0.4) is 0 Å². The van der Waals surface area contributed by atoms with Crippen LogP contribution in [0.2, 0.25) is 0 Å². The van der Waals surface area contributed by atoms with Gasteiger partial charge in [0, 0.05) is 25.0 Å². The highest BCUT2D eigenvalue weighted by molar-refractivity contribution is 5.82. The largest absolute Gasteiger partial charge is 0.338 e. The van der Waals surface area contributed by atoms with Gasteiger partial charge in [-0.05, 0) is 30.9 Å². The zero-order chi connectivity index (χ0) is 14.6. The Morgan fingerprint density at radius 3 is 2.40 bits per heavy atom. The number of amides is 1. The van der Waals surface area contributed by atoms with E-state index in [1.54, 1.807) is 0 Å². The Morgan fingerprint density at radius 2 is 1.85 bits per heavy atom. The van der Waals surface area contributed by atoms with E-state index in [1.807, 2.05) is 23.1 Å². The van der Waals surface area contributed by atoms with Gasteiger partial charge in [0.1, 0.15) is 0 Å². The van der Waals surface area contributed by atoms with E-state index >= 15 is 0 Å². The van der Waals surface area contributed by atoms with Crippen LogP contribution >= 0.6 is 0 Å². The first-order valence-corrected chi connectivity index (χ1v) is 7.67. The molecule has 2 rings (SSSR count). The molecule has 3 heteroatoms. The van der Waals surface area contributed by atoms with Crippen LogP contribution in [0.25, 0.3) is 0 Å². The van der Waals surface area contributed by atoms with Crippen LogP contribution in [-0.4, -0.2) is 17.4 Å². The molecule has 0 heterocycles. The maximum absolute atomic E-state index is 12.8. The second kappa shape index (κ2) is 6.40. The molecule has 1 aromatic carbocycles. The minimum atomic E-state index is -0.145. The molecule has 0 atom stereocenters. The molecule has 1 amide bonds. The summed E-state index contributed by atoms with van der Waals surface area (Å²) in [5.74, 6) is 0.310. The maximum atomic E-state index is 12.8. The average molecular weight is 274 g/mol. The highest BCUT2D eigenvalue weighted by Crippen LogP contribution is 2.39. The first-order valence-electron chi connectivity index (χ1n) is 7.67. The van der Waals surface area contributed by atoms with E-state index in [2.05, 4.69) is 19.9 Å². The van der Waals surface area contributed by atoms with Crippen molar-refractivity contribution in [3.8, 4) is 0 Å². The number of nitrogens with zero attached hydrogens (tertiary/aromatic N) is 1. The summed E-state index contributed by atoms with van der Waals surface area (Å²) in [7, 11) is 0. The van der Waals surface area contributed by atoms with Gasteiger partial charge in [-0.1, -0.05) is 44.0 Å². The van der Waals surface area contributed by atoms with Gasteiger partial charge in [-0.2, -0.15) is 0 Å². The fourth-order valence-electron chi connectivity index (χ4n) is 3.19. The van der Waals surface area contributed by atoms with E-state index in [0.717, 1.165) is 24.9 Å². The van der Waals surface area contributed by atoms with Crippen LogP contribution in [0.5, 0.6) is 0 Å². The molecule has 1 fully saturated rings. The van der Waals surface area contributed by atoms with Crippen molar-refractivity contribution in [3.63, 3.8) is 0 Å². The summed E-state index contributed by atoms with van der Waals surface area (Å²) in [5, 5.41) is 0. The number of hydrogen-bond donors (Lipinski definition) is 1. The predicted octanol–water partition coefficient (Wildman–Crippen LogP) is 3.07. The highest BCUT2D eigenvalue weighted by Gasteiger charge is 2.38. The number of rotatable bonds is 5. The lowest BCUT2D eigenvalue weighted by molar-refractivity contribution is -0.141. The zero-order valence-corrected chi connectivity index (χ0v) is 12.7. The summed E-state index contributed by atoms with van der Waals surface area (Å²) in [6, 6.07) is 8.15. The Hall–Kier alpha value is -1.35. The summed E-state index contributed by atoms with van der Waals surface area (Å²) in [5.41, 5.74) is 7.95. The minimum absolute atomic E-state index is 0.145. The molecule has 1 aliphatic carbocycles. The third-order valence-electron chi connectivity index (χ3n) is 4.59. The Morgan fingerprint density at radius 1 is 1.25 bits per heavy atom. The van der Waals surface area contributed by atoms with Crippen molar-refractivity contribution in [1.29, 1.82) is 0 Å². The number of benzene rings is 1. The monoisotopic (exact) mass is 274 g/mol. The molecule has 1 saturated carbocycles. The number of carbonyl (C=O) groups is 1. The number of hydrogen-bond acceptors (Lipinski definition) is 2. The molecule has 2 N–H and O–H groups in total. The molecule has 110 valence electrons. The van der Waals surface area contributed by atoms with E-state index in [1.165, 1.54) is 18.4 Å². The summed E-state index contributed by atoms with van der Waals surface area (Å²) >= 11 is 0. The molecular weight excluding hydrogens is 248 g/mol. The van der Waals surface area contributed by atoms with Crippen LogP contribution in [0.1, 0.15) is 50.7 Å². The fourth-order valence-corrected chi connectivity index (χ4v) is 3.19. The lowest BCUT2D eigenvalue weighted by atomic mass is 9.87. The molecule has 0 aliphatic heterocycles. The zero-order valence-electron chi connectivity index (χ0n) is 12.7. The molecule has 0 saturated heterocycles. The van der Waals surface area contributed by atoms with Crippen molar-refractivity contribution in [1.82, 2.24) is 4.90 Å². The Balaban J connectivity index is 2.14. The van der Waals surface area contributed by atoms with Gasteiger partial charge in [0.2, 0.25) is 5.91 Å². The van der Waals surface area contributed by atoms with Crippen molar-refractivity contribution in [2.75, 3.05) is 6.54 Å². The van der Waals surface area contributed by atoms with Crippen LogP contribution in [-0.2, 0) is 17.9 Å². The van der Waals surface area contributed by atoms with Crippen LogP contribution in [0.15, 0.2) is 24.3 Å². The molecular formula is C17H26N2O. The van der Waals surface area contributed by atoms with Crippen LogP contribution in [0.4, 0.5) is 0 Å². The van der Waals surface area contributed by atoms with Crippen molar-refractivity contribution in [3.05, 3.63) is 35.4 Å². The topological polar surface area (TPSA) is 46.3 Å². The van der Waals surface area contributed by atoms with Gasteiger partial charge in [-0.15, -0.1) is 0 Å². The summed E-state index contributed by atoms with van der Waals surface area (Å²) in [6.45, 7) is 6.14. The average Bonchev–Trinajstić information content (AvgIpc) is 2.92. The van der Waals surface area contributed by atoms with Crippen molar-refractivity contribution >= 4 is 5.91 Å². The molecule has 1 aliphatic rings. The fraction of sp³-hybridized carbons (Fsp3) is 0.588. The highest BCUT2D eigenvalue weighted by atomic mass is 16.2. The van der Waals surface area contributed by atoms with Gasteiger partial charge < -0.3 is 10.6 Å². The van der Waals surface area contributed by atoms with Crippen LogP contribution in [0, 0.1) is 5.41 Å². The Kier molecular flexibility index (Phi) is 4.81. The first-order chi connectivity index (χ1) is 9.60. The van der Waals surface area contributed by atoms with E-state index < -0.39 is 0 Å². The smallest absolute Gasteiger partial charge is 0.228 e. The quantitative estimate of drug-likeness (QED) is 0.897. The molecule has 0 unspecified atom stereocenters. The normalized spacial score (nSPS) is 17.1. The SMILES string of the molecule is CCN(Cc1ccccc1CN)C(=O)C1(C)CCCC1. The minimum Gasteiger partial charge on any atom is -0.338 e. The Bertz CT molecular complexity index is 464. The van der Waals surface area contributed by atoms with Gasteiger partial charge in [0.25, 0.3) is 0 Å². The van der Waals surface area contributed by atoms with Crippen molar-refractivity contribution < 1.29 is 4.79 Å². The standard InChI is InChI=1S/C17H26N2O/c1-3-19(16(20)17(2)10-6-7-11-17)13-15-9-5-4-8-14(15)12-18/h4-5,8-9H,3,6-7,10-13,18H2,1-2H3. The number of nitrogens with two attached hydrogens (primary N) is 1. The molecule has 1 aromatic rings. The molecule has 3 nitrogen and oxygen atoms in total. The van der Waals surface area contributed by atoms with Gasteiger partial charge in [-0.25, -0.2) is 0 Å². The van der Waals surface area contributed by atoms with Crippen molar-refractivity contribution in [2.45, 2.75) is 52.6 Å². The summed E-state index contributed by atoms with van der Waals surface area (Å²) in [4.78, 5) is 14.8. The van der Waals surface area contributed by atoms with Gasteiger partial charge >= 0.3 is 0 Å². The maximum Gasteiger partial charge on any atom is 0.228 e. The van der Waals surface area contributed by atoms with Gasteiger partial charge in [0.05, 0.1) is 0 Å². The molecule has 0 spiro atoms. The molecule has 0 bridgehead atoms. The second-order valence-electron chi connectivity index (χ2n) is 6.06. The van der Waals surface area contributed by atoms with E-state index in [4.69, 9.17) is 5.73 Å². The second-order valence-corrected chi connectivity index (χ2v) is 6.06. The Labute approximate surface area is 122 Å². The first kappa shape index (κ1) is 15.0.